The zero-order valence-corrected chi connectivity index (χ0v) is 66.2. The minimum atomic E-state index is -0.193. The molecule has 0 radical (unpaired) electrons. The van der Waals surface area contributed by atoms with Crippen molar-refractivity contribution in [3.63, 3.8) is 0 Å². The molecule has 0 aliphatic heterocycles. The van der Waals surface area contributed by atoms with E-state index < -0.39 is 0 Å². The average Bonchev–Trinajstić information content (AvgIpc) is 1.49. The summed E-state index contributed by atoms with van der Waals surface area (Å²) in [5, 5.41) is 6.37. The predicted molar refractivity (Wildman–Crippen MR) is 445 cm³/mol. The fourth-order valence-electron chi connectivity index (χ4n) is 27.3. The third-order valence-electron chi connectivity index (χ3n) is 31.7. The summed E-state index contributed by atoms with van der Waals surface area (Å²) in [5.41, 5.74) is 34.3. The van der Waals surface area contributed by atoms with E-state index in [1.807, 2.05) is 0 Å². The van der Waals surface area contributed by atoms with Crippen LogP contribution in [0.3, 0.4) is 0 Å². The lowest BCUT2D eigenvalue weighted by atomic mass is 9.57. The third kappa shape index (κ3) is 10.3. The lowest BCUT2D eigenvalue weighted by Crippen LogP contribution is -2.42. The maximum absolute atomic E-state index is 5.87. The first-order valence-corrected chi connectivity index (χ1v) is 44.2. The molecule has 21 rings (SSSR count). The van der Waals surface area contributed by atoms with Gasteiger partial charge in [-0.3, -0.25) is 9.97 Å². The summed E-state index contributed by atoms with van der Waals surface area (Å²) in [6.45, 7) is 24.9. The van der Waals surface area contributed by atoms with Crippen molar-refractivity contribution in [1.29, 1.82) is 0 Å². The molecule has 11 aliphatic rings. The quantitative estimate of drug-likeness (QED) is 0.0480. The van der Waals surface area contributed by atoms with E-state index in [2.05, 4.69) is 189 Å². The summed E-state index contributed by atoms with van der Waals surface area (Å²) >= 11 is 0. The van der Waals surface area contributed by atoms with Crippen molar-refractivity contribution in [2.24, 2.45) is 47.3 Å². The number of aromatic nitrogens is 3. The van der Waals surface area contributed by atoms with Crippen LogP contribution in [-0.2, 0) is 16.2 Å². The Kier molecular flexibility index (Phi) is 17.7. The van der Waals surface area contributed by atoms with Crippen molar-refractivity contribution in [2.45, 2.75) is 308 Å². The number of nitrogens with zero attached hydrogens (tertiary/aromatic N) is 3. The van der Waals surface area contributed by atoms with E-state index in [9.17, 15) is 0 Å². The second-order valence-corrected chi connectivity index (χ2v) is 37.5. The zero-order chi connectivity index (χ0) is 71.4. The van der Waals surface area contributed by atoms with Crippen molar-refractivity contribution in [1.82, 2.24) is 14.4 Å². The van der Waals surface area contributed by atoms with E-state index in [1.54, 1.807) is 55.1 Å². The van der Waals surface area contributed by atoms with E-state index in [0.717, 1.165) is 23.7 Å². The molecule has 11 aliphatic carbocycles. The summed E-state index contributed by atoms with van der Waals surface area (Å²) in [6.07, 6.45) is 45.2. The summed E-state index contributed by atoms with van der Waals surface area (Å²) in [7, 11) is 0. The molecule has 0 spiro atoms. The highest BCUT2D eigenvalue weighted by atomic mass is 15.0. The fourth-order valence-corrected chi connectivity index (χ4v) is 27.3. The van der Waals surface area contributed by atoms with Gasteiger partial charge < -0.3 is 4.40 Å². The maximum Gasteiger partial charge on any atom is 0.0728 e. The molecular formula is C102H123N3. The van der Waals surface area contributed by atoms with Crippen molar-refractivity contribution in [3.05, 3.63) is 171 Å². The standard InChI is InChI=1S/C102H123N3/c1-11-19-23-26-32-76(18-8)102(75(17-7)31-25-21-13-3)84-34-28-27-33-77(84)80-41-37-69(56-88(80)102)67-36-40-79-78-39-35-66(53-85(78)100(9,10)86(79)54-67)68-38-42-81-82-57-83-93-89(59-103-97-72-49-62-43-63(50-72)46-70(45-62)91(93)97)105-90-60-104-98-73-51-64-44-65(52-73)48-71(47-64)92(98)94(90)95(99(83)105)96(82)101(87(81)55-68,58-61(15-5)29-22-14-4)74(16-6)30-24-20-12-2/h27-28,33-42,53-57,59-65,70-76H,11-26,29-32,43-52,58H2,1-10H3. The van der Waals surface area contributed by atoms with Crippen LogP contribution >= 0.6 is 0 Å². The van der Waals surface area contributed by atoms with Gasteiger partial charge in [0.25, 0.3) is 0 Å². The molecule has 10 aromatic rings. The van der Waals surface area contributed by atoms with Crippen molar-refractivity contribution >= 4 is 38.1 Å². The molecule has 4 fully saturated rings. The Morgan fingerprint density at radius 3 is 1.37 bits per heavy atom. The highest BCUT2D eigenvalue weighted by Crippen LogP contribution is 2.68. The van der Waals surface area contributed by atoms with Gasteiger partial charge in [0.05, 0.1) is 28.9 Å². The normalized spacial score (nSPS) is 26.2. The molecule has 0 amide bonds. The summed E-state index contributed by atoms with van der Waals surface area (Å²) in [5.74, 6) is 7.97. The minimum absolute atomic E-state index is 0.00418. The van der Waals surface area contributed by atoms with Crippen LogP contribution in [0, 0.1) is 47.3 Å². The summed E-state index contributed by atoms with van der Waals surface area (Å²) < 4.78 is 2.84. The van der Waals surface area contributed by atoms with Gasteiger partial charge in [0.1, 0.15) is 0 Å². The Labute approximate surface area is 631 Å². The molecule has 4 saturated carbocycles. The van der Waals surface area contributed by atoms with Gasteiger partial charge >= 0.3 is 0 Å². The van der Waals surface area contributed by atoms with E-state index in [4.69, 9.17) is 9.97 Å². The zero-order valence-electron chi connectivity index (χ0n) is 66.2. The van der Waals surface area contributed by atoms with Gasteiger partial charge in [-0.2, -0.15) is 0 Å². The molecule has 10 unspecified atom stereocenters. The third-order valence-corrected chi connectivity index (χ3v) is 31.7. The van der Waals surface area contributed by atoms with Gasteiger partial charge in [0.15, 0.2) is 0 Å². The summed E-state index contributed by atoms with van der Waals surface area (Å²) in [6, 6.07) is 44.0. The smallest absolute Gasteiger partial charge is 0.0728 e. The van der Waals surface area contributed by atoms with Crippen LogP contribution in [0.15, 0.2) is 116 Å². The second kappa shape index (κ2) is 26.9. The van der Waals surface area contributed by atoms with Crippen LogP contribution < -0.4 is 0 Å². The Morgan fingerprint density at radius 1 is 0.390 bits per heavy atom. The maximum atomic E-state index is 5.87. The van der Waals surface area contributed by atoms with Gasteiger partial charge in [-0.25, -0.2) is 0 Å². The molecule has 546 valence electrons. The second-order valence-electron chi connectivity index (χ2n) is 37.5. The van der Waals surface area contributed by atoms with Crippen molar-refractivity contribution < 1.29 is 0 Å². The minimum Gasteiger partial charge on any atom is -0.305 e. The van der Waals surface area contributed by atoms with E-state index >= 15 is 0 Å². The lowest BCUT2D eigenvalue weighted by Gasteiger charge is -2.46. The number of hydrogen-bond donors (Lipinski definition) is 0. The van der Waals surface area contributed by atoms with E-state index in [0.29, 0.717) is 47.3 Å². The van der Waals surface area contributed by atoms with Gasteiger partial charge in [-0.05, 0) is 280 Å². The predicted octanol–water partition coefficient (Wildman–Crippen LogP) is 29.4. The number of fused-ring (bicyclic) bond motifs is 16. The van der Waals surface area contributed by atoms with E-state index in [-0.39, 0.29) is 16.2 Å². The molecule has 10 atom stereocenters. The Hall–Kier alpha value is -6.58. The Morgan fingerprint density at radius 2 is 0.838 bits per heavy atom. The molecule has 6 aromatic carbocycles. The molecule has 3 nitrogen and oxygen atoms in total. The number of pyridine rings is 2. The lowest BCUT2D eigenvalue weighted by molar-refractivity contribution is 0.165. The average molecular weight is 1390 g/mol. The van der Waals surface area contributed by atoms with Crippen LogP contribution in [0.2, 0.25) is 0 Å². The van der Waals surface area contributed by atoms with Gasteiger partial charge in [-0.1, -0.05) is 251 Å². The first-order valence-electron chi connectivity index (χ1n) is 44.2. The van der Waals surface area contributed by atoms with Gasteiger partial charge in [0, 0.05) is 61.0 Å². The highest BCUT2D eigenvalue weighted by molar-refractivity contribution is 6.28. The molecule has 105 heavy (non-hydrogen) atoms. The SMILES string of the molecule is CCCCCCC(CC)C1(C(CC)CCCCC)c2ccccc2-c2ccc(-c3ccc4c(c3)C(C)(C)c3cc(-c5ccc6c(c5)C(CC(CC)CCCC)(C(CC)CCCCC)c5c-6cc6c7c8c(ncc7n7c9cnc%10c(c9c5c67)C5CC6CC(CC%10C6)C5)C5CC6CC(C5)CC8C6)ccc3-4)cc21. The molecule has 4 heterocycles. The Bertz CT molecular complexity index is 4960. The first-order chi connectivity index (χ1) is 51.4. The number of benzene rings is 6. The molecule has 0 saturated heterocycles. The van der Waals surface area contributed by atoms with Crippen LogP contribution in [0.4, 0.5) is 0 Å². The molecular weight excluding hydrogens is 1270 g/mol. The molecule has 4 aromatic heterocycles. The Balaban J connectivity index is 0.785. The van der Waals surface area contributed by atoms with Gasteiger partial charge in [-0.15, -0.1) is 0 Å². The molecule has 3 heteroatoms. The monoisotopic (exact) mass is 1390 g/mol. The van der Waals surface area contributed by atoms with Crippen LogP contribution in [-0.4, -0.2) is 14.4 Å². The van der Waals surface area contributed by atoms with Crippen molar-refractivity contribution in [2.75, 3.05) is 0 Å². The largest absolute Gasteiger partial charge is 0.305 e. The number of unbranched alkanes of at least 4 members (excludes halogenated alkanes) is 8. The highest BCUT2D eigenvalue weighted by Gasteiger charge is 2.55. The summed E-state index contributed by atoms with van der Waals surface area (Å²) in [4.78, 5) is 11.7. The van der Waals surface area contributed by atoms with Crippen molar-refractivity contribution in [3.8, 4) is 55.6 Å². The number of hydrogen-bond acceptors (Lipinski definition) is 2. The van der Waals surface area contributed by atoms with Gasteiger partial charge in [0.2, 0.25) is 0 Å². The molecule has 0 N–H and O–H groups in total. The van der Waals surface area contributed by atoms with Crippen LogP contribution in [0.25, 0.3) is 93.7 Å². The van der Waals surface area contributed by atoms with Crippen LogP contribution in [0.1, 0.15) is 348 Å². The first kappa shape index (κ1) is 68.9. The number of rotatable bonds is 27. The topological polar surface area (TPSA) is 30.2 Å². The van der Waals surface area contributed by atoms with Crippen LogP contribution in [0.5, 0.6) is 0 Å². The fraction of sp³-hybridized carbons (Fsp3) is 0.549. The molecule has 8 bridgehead atoms. The van der Waals surface area contributed by atoms with E-state index in [1.165, 1.54) is 294 Å².